The topological polar surface area (TPSA) is 46.2 Å². The van der Waals surface area contributed by atoms with Crippen LogP contribution in [-0.2, 0) is 5.54 Å². The van der Waals surface area contributed by atoms with Gasteiger partial charge in [-0.3, -0.25) is 0 Å². The molecule has 0 aromatic heterocycles. The largest absolute Gasteiger partial charge is 0.393 e. The molecule has 0 aliphatic heterocycles. The Labute approximate surface area is 91.1 Å². The summed E-state index contributed by atoms with van der Waals surface area (Å²) < 4.78 is 0. The van der Waals surface area contributed by atoms with E-state index in [1.54, 1.807) is 0 Å². The van der Waals surface area contributed by atoms with E-state index in [9.17, 15) is 5.11 Å². The Morgan fingerprint density at radius 3 is 2.60 bits per heavy atom. The van der Waals surface area contributed by atoms with Gasteiger partial charge in [-0.15, -0.1) is 0 Å². The molecule has 3 atom stereocenters. The molecular weight excluding hydrogens is 186 g/mol. The molecule has 0 radical (unpaired) electrons. The highest BCUT2D eigenvalue weighted by atomic mass is 16.3. The minimum atomic E-state index is -0.236. The van der Waals surface area contributed by atoms with Crippen molar-refractivity contribution in [2.75, 3.05) is 0 Å². The van der Waals surface area contributed by atoms with E-state index in [0.29, 0.717) is 5.92 Å². The Balaban J connectivity index is 2.21. The summed E-state index contributed by atoms with van der Waals surface area (Å²) in [6.45, 7) is 2.08. The fourth-order valence-electron chi connectivity index (χ4n) is 2.53. The lowest BCUT2D eigenvalue weighted by Crippen LogP contribution is -2.45. The van der Waals surface area contributed by atoms with E-state index in [-0.39, 0.29) is 11.6 Å². The van der Waals surface area contributed by atoms with Gasteiger partial charge in [0, 0.05) is 5.54 Å². The predicted molar refractivity (Wildman–Crippen MR) is 61.3 cm³/mol. The Bertz CT molecular complexity index is 325. The molecule has 3 N–H and O–H groups in total. The molecule has 2 heteroatoms. The van der Waals surface area contributed by atoms with Gasteiger partial charge in [-0.25, -0.2) is 0 Å². The second-order valence-electron chi connectivity index (χ2n) is 4.81. The first kappa shape index (κ1) is 10.7. The van der Waals surface area contributed by atoms with Crippen molar-refractivity contribution in [3.05, 3.63) is 35.9 Å². The van der Waals surface area contributed by atoms with Crippen LogP contribution in [0, 0.1) is 5.92 Å². The van der Waals surface area contributed by atoms with Crippen molar-refractivity contribution in [1.82, 2.24) is 0 Å². The number of nitrogens with two attached hydrogens (primary N) is 1. The van der Waals surface area contributed by atoms with Gasteiger partial charge in [0.05, 0.1) is 6.10 Å². The van der Waals surface area contributed by atoms with Crippen molar-refractivity contribution in [2.24, 2.45) is 11.7 Å². The number of hydrogen-bond donors (Lipinski definition) is 2. The fraction of sp³-hybridized carbons (Fsp3) is 0.538. The standard InChI is InChI=1S/C13H19NO/c1-10-9-13(14,8-7-12(10)15)11-5-3-2-4-6-11/h2-6,10,12,15H,7-9,14H2,1H3. The number of rotatable bonds is 1. The second kappa shape index (κ2) is 3.95. The lowest BCUT2D eigenvalue weighted by molar-refractivity contribution is 0.0462. The van der Waals surface area contributed by atoms with E-state index >= 15 is 0 Å². The molecule has 82 valence electrons. The van der Waals surface area contributed by atoms with E-state index in [4.69, 9.17) is 5.73 Å². The average molecular weight is 205 g/mol. The van der Waals surface area contributed by atoms with Crippen molar-refractivity contribution in [3.63, 3.8) is 0 Å². The van der Waals surface area contributed by atoms with Crippen molar-refractivity contribution in [1.29, 1.82) is 0 Å². The van der Waals surface area contributed by atoms with Gasteiger partial charge in [0.1, 0.15) is 0 Å². The molecule has 0 spiro atoms. The van der Waals surface area contributed by atoms with Gasteiger partial charge in [-0.1, -0.05) is 37.3 Å². The Morgan fingerprint density at radius 2 is 2.00 bits per heavy atom. The average Bonchev–Trinajstić information content (AvgIpc) is 2.26. The quantitative estimate of drug-likeness (QED) is 0.737. The van der Waals surface area contributed by atoms with Crippen molar-refractivity contribution < 1.29 is 5.11 Å². The first-order valence-corrected chi connectivity index (χ1v) is 5.64. The molecule has 1 aromatic rings. The summed E-state index contributed by atoms with van der Waals surface area (Å²) in [7, 11) is 0. The summed E-state index contributed by atoms with van der Waals surface area (Å²) in [5, 5.41) is 9.70. The third kappa shape index (κ3) is 2.06. The van der Waals surface area contributed by atoms with E-state index in [1.807, 2.05) is 18.2 Å². The van der Waals surface area contributed by atoms with Crippen LogP contribution in [0.2, 0.25) is 0 Å². The molecule has 1 fully saturated rings. The predicted octanol–water partition coefficient (Wildman–Crippen LogP) is 2.02. The van der Waals surface area contributed by atoms with E-state index < -0.39 is 0 Å². The summed E-state index contributed by atoms with van der Waals surface area (Å²) in [4.78, 5) is 0. The van der Waals surface area contributed by atoms with Gasteiger partial charge in [0.15, 0.2) is 0 Å². The maximum absolute atomic E-state index is 9.70. The number of hydrogen-bond acceptors (Lipinski definition) is 2. The molecule has 1 aromatic carbocycles. The molecule has 2 nitrogen and oxygen atoms in total. The monoisotopic (exact) mass is 205 g/mol. The second-order valence-corrected chi connectivity index (χ2v) is 4.81. The first-order valence-electron chi connectivity index (χ1n) is 5.64. The maximum atomic E-state index is 9.70. The highest BCUT2D eigenvalue weighted by Gasteiger charge is 2.36. The summed E-state index contributed by atoms with van der Waals surface area (Å²) in [5.74, 6) is 0.295. The molecule has 0 heterocycles. The summed E-state index contributed by atoms with van der Waals surface area (Å²) >= 11 is 0. The van der Waals surface area contributed by atoms with Gasteiger partial charge < -0.3 is 10.8 Å². The minimum Gasteiger partial charge on any atom is -0.393 e. The first-order chi connectivity index (χ1) is 7.12. The highest BCUT2D eigenvalue weighted by Crippen LogP contribution is 2.37. The minimum absolute atomic E-state index is 0.176. The van der Waals surface area contributed by atoms with Gasteiger partial charge in [0.2, 0.25) is 0 Å². The molecule has 15 heavy (non-hydrogen) atoms. The Morgan fingerprint density at radius 1 is 1.33 bits per heavy atom. The number of aliphatic hydroxyl groups excluding tert-OH is 1. The number of benzene rings is 1. The molecule has 0 saturated heterocycles. The van der Waals surface area contributed by atoms with Gasteiger partial charge in [-0.05, 0) is 30.7 Å². The van der Waals surface area contributed by atoms with Crippen LogP contribution in [0.5, 0.6) is 0 Å². The summed E-state index contributed by atoms with van der Waals surface area (Å²) in [6, 6.07) is 10.2. The summed E-state index contributed by atoms with van der Waals surface area (Å²) in [6.07, 6.45) is 2.39. The van der Waals surface area contributed by atoms with Crippen LogP contribution in [-0.4, -0.2) is 11.2 Å². The molecule has 0 amide bonds. The molecule has 2 rings (SSSR count). The van der Waals surface area contributed by atoms with Gasteiger partial charge in [0.25, 0.3) is 0 Å². The van der Waals surface area contributed by atoms with Crippen LogP contribution in [0.4, 0.5) is 0 Å². The van der Waals surface area contributed by atoms with E-state index in [0.717, 1.165) is 19.3 Å². The van der Waals surface area contributed by atoms with Crippen molar-refractivity contribution in [2.45, 2.75) is 37.8 Å². The lowest BCUT2D eigenvalue weighted by atomic mass is 9.72. The fourth-order valence-corrected chi connectivity index (χ4v) is 2.53. The smallest absolute Gasteiger partial charge is 0.0567 e. The van der Waals surface area contributed by atoms with Gasteiger partial charge >= 0.3 is 0 Å². The maximum Gasteiger partial charge on any atom is 0.0567 e. The van der Waals surface area contributed by atoms with Crippen molar-refractivity contribution >= 4 is 0 Å². The van der Waals surface area contributed by atoms with Crippen LogP contribution < -0.4 is 5.73 Å². The SMILES string of the molecule is CC1CC(N)(c2ccccc2)CCC1O. The Kier molecular flexibility index (Phi) is 2.81. The lowest BCUT2D eigenvalue weighted by Gasteiger charge is -2.39. The zero-order valence-electron chi connectivity index (χ0n) is 9.19. The highest BCUT2D eigenvalue weighted by molar-refractivity contribution is 5.24. The third-order valence-corrected chi connectivity index (χ3v) is 3.58. The summed E-state index contributed by atoms with van der Waals surface area (Å²) in [5.41, 5.74) is 7.38. The molecule has 1 aliphatic rings. The van der Waals surface area contributed by atoms with Crippen LogP contribution >= 0.6 is 0 Å². The molecule has 3 unspecified atom stereocenters. The zero-order valence-corrected chi connectivity index (χ0v) is 9.19. The molecule has 1 aliphatic carbocycles. The zero-order chi connectivity index (χ0) is 10.9. The number of aliphatic hydroxyl groups is 1. The van der Waals surface area contributed by atoms with Crippen LogP contribution in [0.15, 0.2) is 30.3 Å². The molecular formula is C13H19NO. The van der Waals surface area contributed by atoms with E-state index in [2.05, 4.69) is 19.1 Å². The normalized spacial score (nSPS) is 36.5. The van der Waals surface area contributed by atoms with Crippen LogP contribution in [0.1, 0.15) is 31.7 Å². The molecule has 0 bridgehead atoms. The van der Waals surface area contributed by atoms with Gasteiger partial charge in [-0.2, -0.15) is 0 Å². The van der Waals surface area contributed by atoms with Crippen LogP contribution in [0.25, 0.3) is 0 Å². The van der Waals surface area contributed by atoms with Crippen molar-refractivity contribution in [3.8, 4) is 0 Å². The third-order valence-electron chi connectivity index (χ3n) is 3.58. The van der Waals surface area contributed by atoms with E-state index in [1.165, 1.54) is 5.56 Å². The molecule has 1 saturated carbocycles. The Hall–Kier alpha value is -0.860. The van der Waals surface area contributed by atoms with Crippen LogP contribution in [0.3, 0.4) is 0 Å².